The molecule has 0 aliphatic carbocycles. The molecule has 8 heteroatoms. The second-order valence-electron chi connectivity index (χ2n) is 8.30. The van der Waals surface area contributed by atoms with E-state index in [1.807, 2.05) is 47.4 Å². The van der Waals surface area contributed by atoms with Crippen LogP contribution in [0.1, 0.15) is 33.2 Å². The fraction of sp³-hybridized carbons (Fsp3) is 0.185. The molecule has 1 aliphatic rings. The zero-order valence-corrected chi connectivity index (χ0v) is 20.0. The number of aromatic hydroxyl groups is 1. The standard InChI is InChI=1S/C27H24ClN3O4/c1-34-21-12-3-16(15-22(21)35-2)13-14-31-26(18-6-10-20(32)11-7-18)23-24(29-30-25(23)27(31)33)17-4-8-19(28)9-5-17/h3-12,15,26,32H,13-14H2,1-2H3,(H,29,30). The van der Waals surface area contributed by atoms with Gasteiger partial charge in [-0.25, -0.2) is 0 Å². The van der Waals surface area contributed by atoms with E-state index in [0.29, 0.717) is 40.9 Å². The summed E-state index contributed by atoms with van der Waals surface area (Å²) in [5, 5.41) is 17.9. The lowest BCUT2D eigenvalue weighted by molar-refractivity contribution is 0.0746. The number of benzene rings is 3. The van der Waals surface area contributed by atoms with Crippen molar-refractivity contribution in [3.63, 3.8) is 0 Å². The van der Waals surface area contributed by atoms with Crippen LogP contribution < -0.4 is 9.47 Å². The van der Waals surface area contributed by atoms with Gasteiger partial charge in [0.2, 0.25) is 0 Å². The van der Waals surface area contributed by atoms with Crippen molar-refractivity contribution in [1.82, 2.24) is 15.1 Å². The first-order chi connectivity index (χ1) is 17.0. The van der Waals surface area contributed by atoms with Gasteiger partial charge in [0.25, 0.3) is 5.91 Å². The lowest BCUT2D eigenvalue weighted by atomic mass is 9.96. The van der Waals surface area contributed by atoms with Crippen molar-refractivity contribution in [2.45, 2.75) is 12.5 Å². The van der Waals surface area contributed by atoms with Crippen molar-refractivity contribution in [3.8, 4) is 28.5 Å². The maximum Gasteiger partial charge on any atom is 0.273 e. The molecule has 7 nitrogen and oxygen atoms in total. The normalized spacial score (nSPS) is 14.8. The van der Waals surface area contributed by atoms with E-state index in [0.717, 1.165) is 22.3 Å². The number of nitrogens with zero attached hydrogens (tertiary/aromatic N) is 2. The van der Waals surface area contributed by atoms with Crippen LogP contribution in [0, 0.1) is 0 Å². The molecule has 0 saturated carbocycles. The predicted octanol–water partition coefficient (Wildman–Crippen LogP) is 5.24. The first-order valence-corrected chi connectivity index (χ1v) is 11.5. The average molecular weight is 490 g/mol. The van der Waals surface area contributed by atoms with E-state index < -0.39 is 0 Å². The van der Waals surface area contributed by atoms with Crippen molar-refractivity contribution >= 4 is 17.5 Å². The van der Waals surface area contributed by atoms with Gasteiger partial charge in [-0.15, -0.1) is 0 Å². The number of ether oxygens (including phenoxy) is 2. The number of H-pyrrole nitrogens is 1. The van der Waals surface area contributed by atoms with Gasteiger partial charge in [-0.2, -0.15) is 5.10 Å². The predicted molar refractivity (Wildman–Crippen MR) is 133 cm³/mol. The van der Waals surface area contributed by atoms with E-state index in [4.69, 9.17) is 21.1 Å². The second kappa shape index (κ2) is 9.35. The maximum atomic E-state index is 13.5. The molecule has 178 valence electrons. The van der Waals surface area contributed by atoms with E-state index in [9.17, 15) is 9.90 Å². The first-order valence-electron chi connectivity index (χ1n) is 11.1. The summed E-state index contributed by atoms with van der Waals surface area (Å²) in [7, 11) is 3.20. The Balaban J connectivity index is 1.52. The lowest BCUT2D eigenvalue weighted by Crippen LogP contribution is -2.31. The summed E-state index contributed by atoms with van der Waals surface area (Å²) in [6.07, 6.45) is 0.620. The van der Waals surface area contributed by atoms with Gasteiger partial charge in [-0.1, -0.05) is 41.9 Å². The van der Waals surface area contributed by atoms with Gasteiger partial charge in [0.15, 0.2) is 11.5 Å². The highest BCUT2D eigenvalue weighted by atomic mass is 35.5. The number of aromatic nitrogens is 2. The summed E-state index contributed by atoms with van der Waals surface area (Å²) in [5.41, 5.74) is 4.77. The number of hydrogen-bond acceptors (Lipinski definition) is 5. The quantitative estimate of drug-likeness (QED) is 0.370. The van der Waals surface area contributed by atoms with Gasteiger partial charge in [0.05, 0.1) is 26.0 Å². The highest BCUT2D eigenvalue weighted by Gasteiger charge is 2.41. The number of carbonyl (C=O) groups excluding carboxylic acids is 1. The minimum Gasteiger partial charge on any atom is -0.508 e. The Kier molecular flexibility index (Phi) is 6.09. The van der Waals surface area contributed by atoms with Crippen molar-refractivity contribution in [2.24, 2.45) is 0 Å². The molecule has 3 aromatic carbocycles. The summed E-state index contributed by atoms with van der Waals surface area (Å²) in [6, 6.07) is 19.7. The van der Waals surface area contributed by atoms with Crippen LogP contribution >= 0.6 is 11.6 Å². The molecule has 2 heterocycles. The number of rotatable bonds is 7. The number of carbonyl (C=O) groups is 1. The molecule has 0 fully saturated rings. The fourth-order valence-corrected chi connectivity index (χ4v) is 4.67. The lowest BCUT2D eigenvalue weighted by Gasteiger charge is -2.26. The minimum absolute atomic E-state index is 0.119. The summed E-state index contributed by atoms with van der Waals surface area (Å²) >= 11 is 6.09. The van der Waals surface area contributed by atoms with Gasteiger partial charge in [-0.05, 0) is 53.9 Å². The molecule has 4 aromatic rings. The average Bonchev–Trinajstić information content (AvgIpc) is 3.42. The summed E-state index contributed by atoms with van der Waals surface area (Å²) in [4.78, 5) is 15.4. The van der Waals surface area contributed by atoms with Crippen LogP contribution in [0.4, 0.5) is 0 Å². The highest BCUT2D eigenvalue weighted by Crippen LogP contribution is 2.43. The van der Waals surface area contributed by atoms with Crippen molar-refractivity contribution in [3.05, 3.63) is 94.1 Å². The van der Waals surface area contributed by atoms with Crippen LogP contribution in [0.3, 0.4) is 0 Å². The number of phenols is 1. The van der Waals surface area contributed by atoms with Gasteiger partial charge in [-0.3, -0.25) is 9.89 Å². The van der Waals surface area contributed by atoms with Crippen LogP contribution in [0.25, 0.3) is 11.3 Å². The molecule has 1 aromatic heterocycles. The molecular formula is C27H24ClN3O4. The number of hydrogen-bond donors (Lipinski definition) is 2. The molecule has 1 atom stereocenters. The Morgan fingerprint density at radius 3 is 2.40 bits per heavy atom. The molecule has 0 radical (unpaired) electrons. The number of nitrogens with one attached hydrogen (secondary N) is 1. The van der Waals surface area contributed by atoms with E-state index in [1.165, 1.54) is 0 Å². The van der Waals surface area contributed by atoms with Gasteiger partial charge < -0.3 is 19.5 Å². The number of methoxy groups -OCH3 is 2. The molecule has 5 rings (SSSR count). The van der Waals surface area contributed by atoms with Crippen molar-refractivity contribution < 1.29 is 19.4 Å². The molecule has 0 saturated heterocycles. The molecule has 1 amide bonds. The Hall–Kier alpha value is -3.97. The molecule has 2 N–H and O–H groups in total. The minimum atomic E-state index is -0.359. The van der Waals surface area contributed by atoms with Gasteiger partial charge in [0, 0.05) is 22.7 Å². The maximum absolute atomic E-state index is 13.5. The first kappa shape index (κ1) is 22.8. The monoisotopic (exact) mass is 489 g/mol. The van der Waals surface area contributed by atoms with Crippen molar-refractivity contribution in [1.29, 1.82) is 0 Å². The van der Waals surface area contributed by atoms with Crippen LogP contribution in [0.2, 0.25) is 5.02 Å². The fourth-order valence-electron chi connectivity index (χ4n) is 4.54. The summed E-state index contributed by atoms with van der Waals surface area (Å²) in [5.74, 6) is 1.35. The Morgan fingerprint density at radius 2 is 1.71 bits per heavy atom. The summed E-state index contributed by atoms with van der Waals surface area (Å²) in [6.45, 7) is 0.475. The van der Waals surface area contributed by atoms with E-state index in [-0.39, 0.29) is 17.7 Å². The van der Waals surface area contributed by atoms with Crippen LogP contribution in [-0.4, -0.2) is 46.9 Å². The smallest absolute Gasteiger partial charge is 0.273 e. The number of fused-ring (bicyclic) bond motifs is 1. The second-order valence-corrected chi connectivity index (χ2v) is 8.74. The third-order valence-corrected chi connectivity index (χ3v) is 6.53. The zero-order chi connectivity index (χ0) is 24.5. The van der Waals surface area contributed by atoms with E-state index in [1.54, 1.807) is 38.5 Å². The number of halogens is 1. The molecule has 1 aliphatic heterocycles. The number of aromatic amines is 1. The van der Waals surface area contributed by atoms with Crippen LogP contribution in [-0.2, 0) is 6.42 Å². The number of phenolic OH excluding ortho intramolecular Hbond substituents is 1. The third kappa shape index (κ3) is 4.19. The molecule has 0 spiro atoms. The molecule has 0 bridgehead atoms. The Labute approximate surface area is 207 Å². The van der Waals surface area contributed by atoms with Gasteiger partial charge in [0.1, 0.15) is 11.4 Å². The van der Waals surface area contributed by atoms with Gasteiger partial charge >= 0.3 is 0 Å². The highest BCUT2D eigenvalue weighted by molar-refractivity contribution is 6.30. The third-order valence-electron chi connectivity index (χ3n) is 6.28. The Bertz CT molecular complexity index is 1370. The molecular weight excluding hydrogens is 466 g/mol. The molecule has 1 unspecified atom stereocenters. The number of amides is 1. The largest absolute Gasteiger partial charge is 0.508 e. The summed E-state index contributed by atoms with van der Waals surface area (Å²) < 4.78 is 10.8. The zero-order valence-electron chi connectivity index (χ0n) is 19.3. The topological polar surface area (TPSA) is 87.7 Å². The van der Waals surface area contributed by atoms with E-state index >= 15 is 0 Å². The van der Waals surface area contributed by atoms with E-state index in [2.05, 4.69) is 10.2 Å². The Morgan fingerprint density at radius 1 is 1.00 bits per heavy atom. The van der Waals surface area contributed by atoms with Crippen LogP contribution in [0.15, 0.2) is 66.7 Å². The SMILES string of the molecule is COc1ccc(CCN2C(=O)c3[nH]nc(-c4ccc(Cl)cc4)c3C2c2ccc(O)cc2)cc1OC. The van der Waals surface area contributed by atoms with Crippen molar-refractivity contribution in [2.75, 3.05) is 20.8 Å². The van der Waals surface area contributed by atoms with Crippen LogP contribution in [0.5, 0.6) is 17.2 Å². The molecule has 35 heavy (non-hydrogen) atoms.